The third kappa shape index (κ3) is 19.7. The van der Waals surface area contributed by atoms with Crippen molar-refractivity contribution in [2.24, 2.45) is 17.8 Å². The molecule has 0 bridgehead atoms. The maximum atomic E-state index is 12.8. The van der Waals surface area contributed by atoms with Crippen molar-refractivity contribution in [1.82, 2.24) is 0 Å². The van der Waals surface area contributed by atoms with Crippen LogP contribution in [0.15, 0.2) is 0 Å². The molecular weight excluding hydrogens is 420 g/mol. The Hall–Kier alpha value is -0.570. The number of carbonyl (C=O) groups is 1. The van der Waals surface area contributed by atoms with Gasteiger partial charge in [0.25, 0.3) is 0 Å². The summed E-state index contributed by atoms with van der Waals surface area (Å²) in [6, 6.07) is 0. The van der Waals surface area contributed by atoms with Gasteiger partial charge >= 0.3 is 5.97 Å². The van der Waals surface area contributed by atoms with Crippen molar-refractivity contribution in [2.45, 2.75) is 157 Å². The predicted molar refractivity (Wildman–Crippen MR) is 148 cm³/mol. The van der Waals surface area contributed by atoms with Crippen molar-refractivity contribution in [2.75, 3.05) is 19.8 Å². The lowest BCUT2D eigenvalue weighted by Crippen LogP contribution is -2.23. The van der Waals surface area contributed by atoms with E-state index in [9.17, 15) is 4.79 Å². The largest absolute Gasteiger partial charge is 0.465 e. The van der Waals surface area contributed by atoms with E-state index in [0.717, 1.165) is 64.6 Å². The van der Waals surface area contributed by atoms with E-state index in [1.54, 1.807) is 0 Å². The van der Waals surface area contributed by atoms with Crippen LogP contribution in [-0.4, -0.2) is 25.8 Å². The van der Waals surface area contributed by atoms with E-state index >= 15 is 0 Å². The molecule has 3 nitrogen and oxygen atoms in total. The molecule has 3 atom stereocenters. The maximum absolute atomic E-state index is 12.8. The summed E-state index contributed by atoms with van der Waals surface area (Å²) in [6.45, 7) is 13.5. The Balaban J connectivity index is 4.17. The summed E-state index contributed by atoms with van der Waals surface area (Å²) in [6.07, 6.45) is 23.2. The van der Waals surface area contributed by atoms with E-state index in [1.165, 1.54) is 70.6 Å². The zero-order chi connectivity index (χ0) is 25.3. The minimum atomic E-state index is 0.0578. The number of esters is 1. The minimum Gasteiger partial charge on any atom is -0.465 e. The van der Waals surface area contributed by atoms with Crippen LogP contribution in [-0.2, 0) is 14.3 Å². The molecule has 0 fully saturated rings. The molecule has 3 heteroatoms. The highest BCUT2D eigenvalue weighted by molar-refractivity contribution is 5.72. The Morgan fingerprint density at radius 3 is 1.68 bits per heavy atom. The van der Waals surface area contributed by atoms with Crippen molar-refractivity contribution in [1.29, 1.82) is 0 Å². The zero-order valence-corrected chi connectivity index (χ0v) is 24.0. The molecule has 0 aliphatic carbocycles. The fraction of sp³-hybridized carbons (Fsp3) is 0.968. The van der Waals surface area contributed by atoms with Gasteiger partial charge in [0.2, 0.25) is 0 Å². The summed E-state index contributed by atoms with van der Waals surface area (Å²) in [4.78, 5) is 12.8. The highest BCUT2D eigenvalue weighted by Crippen LogP contribution is 2.23. The quantitative estimate of drug-likeness (QED) is 0.0908. The molecule has 0 saturated heterocycles. The molecule has 3 unspecified atom stereocenters. The molecule has 0 aromatic rings. The molecule has 0 spiro atoms. The van der Waals surface area contributed by atoms with E-state index in [4.69, 9.17) is 9.47 Å². The lowest BCUT2D eigenvalue weighted by molar-refractivity contribution is -0.150. The smallest absolute Gasteiger partial charge is 0.308 e. The van der Waals surface area contributed by atoms with Gasteiger partial charge < -0.3 is 9.47 Å². The molecule has 0 aromatic heterocycles. The molecule has 0 aliphatic rings. The first kappa shape index (κ1) is 33.4. The first-order valence-electron chi connectivity index (χ1n) is 15.4. The van der Waals surface area contributed by atoms with E-state index in [-0.39, 0.29) is 11.9 Å². The predicted octanol–water partition coefficient (Wildman–Crippen LogP) is 9.91. The number of hydrogen-bond donors (Lipinski definition) is 0. The summed E-state index contributed by atoms with van der Waals surface area (Å²) >= 11 is 0. The Bertz CT molecular complexity index is 423. The second-order valence-electron chi connectivity index (χ2n) is 10.7. The van der Waals surface area contributed by atoms with Crippen molar-refractivity contribution in [3.05, 3.63) is 0 Å². The Morgan fingerprint density at radius 2 is 1.09 bits per heavy atom. The van der Waals surface area contributed by atoms with Gasteiger partial charge in [-0.1, -0.05) is 131 Å². The van der Waals surface area contributed by atoms with Crippen LogP contribution in [0.1, 0.15) is 157 Å². The summed E-state index contributed by atoms with van der Waals surface area (Å²) < 4.78 is 11.9. The van der Waals surface area contributed by atoms with Gasteiger partial charge in [0.05, 0.1) is 12.5 Å². The molecule has 0 N–H and O–H groups in total. The molecule has 0 amide bonds. The van der Waals surface area contributed by atoms with Gasteiger partial charge in [0.1, 0.15) is 0 Å². The van der Waals surface area contributed by atoms with E-state index in [0.29, 0.717) is 18.4 Å². The average Bonchev–Trinajstić information content (AvgIpc) is 2.85. The van der Waals surface area contributed by atoms with E-state index in [1.807, 2.05) is 0 Å². The Labute approximate surface area is 214 Å². The normalized spacial score (nSPS) is 14.1. The number of rotatable bonds is 26. The average molecular weight is 483 g/mol. The Kier molecular flexibility index (Phi) is 25.1. The van der Waals surface area contributed by atoms with Gasteiger partial charge in [-0.2, -0.15) is 0 Å². The summed E-state index contributed by atoms with van der Waals surface area (Å²) in [7, 11) is 0. The van der Waals surface area contributed by atoms with Crippen LogP contribution in [0.3, 0.4) is 0 Å². The maximum Gasteiger partial charge on any atom is 0.308 e. The number of hydrogen-bond acceptors (Lipinski definition) is 3. The van der Waals surface area contributed by atoms with Gasteiger partial charge in [-0.3, -0.25) is 4.79 Å². The molecule has 204 valence electrons. The lowest BCUT2D eigenvalue weighted by Gasteiger charge is -2.23. The van der Waals surface area contributed by atoms with Crippen LogP contribution in [0.2, 0.25) is 0 Å². The number of ether oxygens (including phenoxy) is 2. The highest BCUT2D eigenvalue weighted by Gasteiger charge is 2.22. The van der Waals surface area contributed by atoms with Crippen LogP contribution in [0.5, 0.6) is 0 Å². The molecular formula is C31H62O3. The summed E-state index contributed by atoms with van der Waals surface area (Å²) in [5.74, 6) is 1.18. The number of carbonyl (C=O) groups excluding carboxylic acids is 1. The SMILES string of the molecule is CCCCCCCCCCOCC(CC)CC(CC)COC(=O)C(CCCC)CCCCCC. The fourth-order valence-corrected chi connectivity index (χ4v) is 4.73. The van der Waals surface area contributed by atoms with E-state index in [2.05, 4.69) is 34.6 Å². The van der Waals surface area contributed by atoms with Gasteiger partial charge in [-0.25, -0.2) is 0 Å². The monoisotopic (exact) mass is 482 g/mol. The first-order chi connectivity index (χ1) is 16.6. The molecule has 34 heavy (non-hydrogen) atoms. The first-order valence-corrected chi connectivity index (χ1v) is 15.4. The number of unbranched alkanes of at least 4 members (excludes halogenated alkanes) is 11. The van der Waals surface area contributed by atoms with E-state index < -0.39 is 0 Å². The molecule has 0 saturated carbocycles. The van der Waals surface area contributed by atoms with Crippen LogP contribution in [0, 0.1) is 17.8 Å². The summed E-state index contributed by atoms with van der Waals surface area (Å²) in [5.41, 5.74) is 0. The van der Waals surface area contributed by atoms with Crippen molar-refractivity contribution in [3.63, 3.8) is 0 Å². The lowest BCUT2D eigenvalue weighted by atomic mass is 9.91. The molecule has 0 heterocycles. The van der Waals surface area contributed by atoms with Gasteiger partial charge in [-0.15, -0.1) is 0 Å². The van der Waals surface area contributed by atoms with Crippen LogP contribution >= 0.6 is 0 Å². The summed E-state index contributed by atoms with van der Waals surface area (Å²) in [5, 5.41) is 0. The molecule has 0 radical (unpaired) electrons. The second kappa shape index (κ2) is 25.5. The standard InChI is InChI=1S/C31H62O3/c1-6-11-14-16-17-18-19-21-24-33-26-28(9-4)25-29(10-5)27-34-31(32)30(22-13-8-3)23-20-15-12-7-2/h28-30H,6-27H2,1-5H3. The second-order valence-corrected chi connectivity index (χ2v) is 10.7. The molecule has 0 aliphatic heterocycles. The van der Waals surface area contributed by atoms with Crippen molar-refractivity contribution >= 4 is 5.97 Å². The fourth-order valence-electron chi connectivity index (χ4n) is 4.73. The Morgan fingerprint density at radius 1 is 0.588 bits per heavy atom. The third-order valence-electron chi connectivity index (χ3n) is 7.42. The topological polar surface area (TPSA) is 35.5 Å². The van der Waals surface area contributed by atoms with Crippen LogP contribution in [0.4, 0.5) is 0 Å². The minimum absolute atomic E-state index is 0.0578. The van der Waals surface area contributed by atoms with Crippen LogP contribution < -0.4 is 0 Å². The van der Waals surface area contributed by atoms with Crippen molar-refractivity contribution in [3.8, 4) is 0 Å². The molecule has 0 rings (SSSR count). The van der Waals surface area contributed by atoms with Crippen LogP contribution in [0.25, 0.3) is 0 Å². The van der Waals surface area contributed by atoms with Gasteiger partial charge in [-0.05, 0) is 37.5 Å². The van der Waals surface area contributed by atoms with Crippen molar-refractivity contribution < 1.29 is 14.3 Å². The highest BCUT2D eigenvalue weighted by atomic mass is 16.5. The third-order valence-corrected chi connectivity index (χ3v) is 7.42. The molecule has 0 aromatic carbocycles. The zero-order valence-electron chi connectivity index (χ0n) is 24.0. The van der Waals surface area contributed by atoms with Gasteiger partial charge in [0, 0.05) is 13.2 Å². The van der Waals surface area contributed by atoms with Gasteiger partial charge in [0.15, 0.2) is 0 Å².